The van der Waals surface area contributed by atoms with Gasteiger partial charge in [0.1, 0.15) is 5.65 Å². The average molecular weight is 393 g/mol. The maximum Gasteiger partial charge on any atom is 0.252 e. The van der Waals surface area contributed by atoms with Crippen LogP contribution in [-0.2, 0) is 5.75 Å². The number of nitrogens with zero attached hydrogens (tertiary/aromatic N) is 2. The van der Waals surface area contributed by atoms with Gasteiger partial charge in [-0.3, -0.25) is 4.79 Å². The molecule has 0 saturated carbocycles. The Morgan fingerprint density at radius 2 is 1.93 bits per heavy atom. The van der Waals surface area contributed by atoms with Crippen molar-refractivity contribution in [1.29, 1.82) is 0 Å². The highest BCUT2D eigenvalue weighted by molar-refractivity contribution is 7.98. The Bertz CT molecular complexity index is 956. The molecule has 2 atom stereocenters. The molecule has 4 heterocycles. The summed E-state index contributed by atoms with van der Waals surface area (Å²) in [7, 11) is 0. The van der Waals surface area contributed by atoms with E-state index in [0.29, 0.717) is 12.1 Å². The zero-order chi connectivity index (χ0) is 18.9. The van der Waals surface area contributed by atoms with Crippen LogP contribution in [0, 0.1) is 0 Å². The molecule has 5 nitrogen and oxygen atoms in total. The number of thioether (sulfide) groups is 1. The second-order valence-corrected chi connectivity index (χ2v) is 8.78. The topological polar surface area (TPSA) is 58.4 Å². The molecule has 2 aliphatic heterocycles. The highest BCUT2D eigenvalue weighted by atomic mass is 32.2. The molecule has 2 saturated heterocycles. The number of aromatic nitrogens is 2. The van der Waals surface area contributed by atoms with Crippen molar-refractivity contribution < 1.29 is 4.79 Å². The van der Waals surface area contributed by atoms with Crippen LogP contribution in [0.4, 0.5) is 0 Å². The molecule has 1 aromatic carbocycles. The van der Waals surface area contributed by atoms with Gasteiger partial charge in [0.25, 0.3) is 5.91 Å². The zero-order valence-electron chi connectivity index (χ0n) is 15.7. The van der Waals surface area contributed by atoms with Gasteiger partial charge in [0.2, 0.25) is 0 Å². The number of pyridine rings is 1. The summed E-state index contributed by atoms with van der Waals surface area (Å²) in [6.07, 6.45) is 8.61. The predicted octanol–water partition coefficient (Wildman–Crippen LogP) is 3.64. The first-order chi connectivity index (χ1) is 13.7. The Labute approximate surface area is 168 Å². The number of amides is 1. The maximum atomic E-state index is 13.0. The number of imidazole rings is 1. The van der Waals surface area contributed by atoms with Gasteiger partial charge >= 0.3 is 0 Å². The van der Waals surface area contributed by atoms with E-state index >= 15 is 0 Å². The van der Waals surface area contributed by atoms with Crippen LogP contribution in [0.25, 0.3) is 5.65 Å². The number of rotatable bonds is 5. The average Bonchev–Trinajstić information content (AvgIpc) is 3.28. The van der Waals surface area contributed by atoms with Crippen LogP contribution in [0.5, 0.6) is 0 Å². The molecule has 1 amide bonds. The van der Waals surface area contributed by atoms with E-state index in [1.54, 1.807) is 11.8 Å². The standard InChI is InChI=1S/C22H24N4OS/c27-22(25-17-11-15-8-9-16(12-17)23-15)19-5-1-2-6-20(19)28-14-18-13-26-10-4-3-7-21(26)24-18/h1-7,10,13,15-17,23H,8-9,11-12,14H2,(H,25,27). The summed E-state index contributed by atoms with van der Waals surface area (Å²) in [5, 5.41) is 6.91. The lowest BCUT2D eigenvalue weighted by atomic mass is 9.99. The summed E-state index contributed by atoms with van der Waals surface area (Å²) in [6, 6.07) is 15.3. The SMILES string of the molecule is O=C(NC1CC2CCC(C1)N2)c1ccccc1SCc1cn2ccccc2n1. The third kappa shape index (κ3) is 3.66. The molecule has 28 heavy (non-hydrogen) atoms. The van der Waals surface area contributed by atoms with Gasteiger partial charge in [0.05, 0.1) is 11.3 Å². The Hall–Kier alpha value is -2.31. The van der Waals surface area contributed by atoms with E-state index < -0.39 is 0 Å². The van der Waals surface area contributed by atoms with Gasteiger partial charge in [0.15, 0.2) is 0 Å². The molecule has 3 aromatic rings. The molecule has 2 bridgehead atoms. The summed E-state index contributed by atoms with van der Waals surface area (Å²) in [6.45, 7) is 0. The largest absolute Gasteiger partial charge is 0.349 e. The molecule has 0 aliphatic carbocycles. The molecule has 6 heteroatoms. The fourth-order valence-electron chi connectivity index (χ4n) is 4.43. The number of nitrogens with one attached hydrogen (secondary N) is 2. The van der Waals surface area contributed by atoms with E-state index in [2.05, 4.69) is 21.8 Å². The number of piperidine rings is 1. The first-order valence-corrected chi connectivity index (χ1v) is 10.9. The minimum absolute atomic E-state index is 0.0457. The fourth-order valence-corrected chi connectivity index (χ4v) is 5.36. The number of fused-ring (bicyclic) bond motifs is 3. The lowest BCUT2D eigenvalue weighted by Crippen LogP contribution is -2.48. The molecule has 0 radical (unpaired) electrons. The van der Waals surface area contributed by atoms with E-state index in [9.17, 15) is 4.79 Å². The third-order valence-corrected chi connectivity index (χ3v) is 6.84. The summed E-state index contributed by atoms with van der Waals surface area (Å²) < 4.78 is 2.03. The van der Waals surface area contributed by atoms with Crippen LogP contribution in [0.3, 0.4) is 0 Å². The van der Waals surface area contributed by atoms with E-state index in [4.69, 9.17) is 0 Å². The van der Waals surface area contributed by atoms with Crippen molar-refractivity contribution in [3.05, 3.63) is 66.1 Å². The molecule has 144 valence electrons. The molecule has 2 aliphatic rings. The molecular weight excluding hydrogens is 368 g/mol. The first kappa shape index (κ1) is 17.8. The van der Waals surface area contributed by atoms with E-state index in [0.717, 1.165) is 40.4 Å². The van der Waals surface area contributed by atoms with Crippen LogP contribution < -0.4 is 10.6 Å². The summed E-state index contributed by atoms with van der Waals surface area (Å²) in [4.78, 5) is 18.6. The second kappa shape index (κ2) is 7.60. The van der Waals surface area contributed by atoms with Gasteiger partial charge in [-0.1, -0.05) is 18.2 Å². The molecular formula is C22H24N4OS. The minimum atomic E-state index is 0.0457. The van der Waals surface area contributed by atoms with Crippen molar-refractivity contribution >= 4 is 23.3 Å². The predicted molar refractivity (Wildman–Crippen MR) is 112 cm³/mol. The first-order valence-electron chi connectivity index (χ1n) is 9.96. The van der Waals surface area contributed by atoms with Crippen molar-refractivity contribution in [3.63, 3.8) is 0 Å². The van der Waals surface area contributed by atoms with Gasteiger partial charge in [0, 0.05) is 41.2 Å². The van der Waals surface area contributed by atoms with Gasteiger partial charge in [-0.2, -0.15) is 0 Å². The number of hydrogen-bond acceptors (Lipinski definition) is 4. The van der Waals surface area contributed by atoms with Crippen molar-refractivity contribution in [2.75, 3.05) is 0 Å². The molecule has 2 aromatic heterocycles. The fraction of sp³-hybridized carbons (Fsp3) is 0.364. The summed E-state index contributed by atoms with van der Waals surface area (Å²) in [5.74, 6) is 0.785. The van der Waals surface area contributed by atoms with Gasteiger partial charge in [-0.25, -0.2) is 4.98 Å². The van der Waals surface area contributed by atoms with E-state index in [-0.39, 0.29) is 11.9 Å². The van der Waals surface area contributed by atoms with Crippen LogP contribution in [0.1, 0.15) is 41.7 Å². The molecule has 2 N–H and O–H groups in total. The molecule has 2 unspecified atom stereocenters. The van der Waals surface area contributed by atoms with E-state index in [1.165, 1.54) is 12.8 Å². The summed E-state index contributed by atoms with van der Waals surface area (Å²) >= 11 is 1.67. The Balaban J connectivity index is 1.27. The normalized spacial score (nSPS) is 23.8. The monoisotopic (exact) mass is 392 g/mol. The highest BCUT2D eigenvalue weighted by Gasteiger charge is 2.34. The smallest absolute Gasteiger partial charge is 0.252 e. The van der Waals surface area contributed by atoms with Gasteiger partial charge < -0.3 is 15.0 Å². The third-order valence-electron chi connectivity index (χ3n) is 5.73. The Morgan fingerprint density at radius 3 is 2.75 bits per heavy atom. The lowest BCUT2D eigenvalue weighted by Gasteiger charge is -2.29. The highest BCUT2D eigenvalue weighted by Crippen LogP contribution is 2.29. The Kier molecular flexibility index (Phi) is 4.82. The number of hydrogen-bond donors (Lipinski definition) is 2. The molecule has 5 rings (SSSR count). The number of benzene rings is 1. The van der Waals surface area contributed by atoms with Crippen LogP contribution in [-0.4, -0.2) is 33.4 Å². The van der Waals surface area contributed by atoms with Crippen molar-refractivity contribution in [2.24, 2.45) is 0 Å². The number of carbonyl (C=O) groups is 1. The van der Waals surface area contributed by atoms with Crippen LogP contribution in [0.2, 0.25) is 0 Å². The van der Waals surface area contributed by atoms with Crippen LogP contribution in [0.15, 0.2) is 59.8 Å². The van der Waals surface area contributed by atoms with Gasteiger partial charge in [-0.05, 0) is 49.9 Å². The zero-order valence-corrected chi connectivity index (χ0v) is 16.5. The van der Waals surface area contributed by atoms with Gasteiger partial charge in [-0.15, -0.1) is 11.8 Å². The summed E-state index contributed by atoms with van der Waals surface area (Å²) in [5.41, 5.74) is 2.73. The second-order valence-electron chi connectivity index (χ2n) is 7.76. The molecule has 2 fully saturated rings. The molecule has 0 spiro atoms. The quantitative estimate of drug-likeness (QED) is 0.651. The van der Waals surface area contributed by atoms with Crippen LogP contribution >= 0.6 is 11.8 Å². The number of carbonyl (C=O) groups excluding carboxylic acids is 1. The van der Waals surface area contributed by atoms with E-state index in [1.807, 2.05) is 53.1 Å². The Morgan fingerprint density at radius 1 is 1.14 bits per heavy atom. The minimum Gasteiger partial charge on any atom is -0.349 e. The lowest BCUT2D eigenvalue weighted by molar-refractivity contribution is 0.0921. The van der Waals surface area contributed by atoms with Crippen molar-refractivity contribution in [1.82, 2.24) is 20.0 Å². The van der Waals surface area contributed by atoms with Crippen molar-refractivity contribution in [2.45, 2.75) is 54.5 Å². The maximum absolute atomic E-state index is 13.0. The van der Waals surface area contributed by atoms with Crippen molar-refractivity contribution in [3.8, 4) is 0 Å².